The van der Waals surface area contributed by atoms with E-state index in [1.54, 1.807) is 30.5 Å². The lowest BCUT2D eigenvalue weighted by Crippen LogP contribution is -2.54. The monoisotopic (exact) mass is 881 g/mol. The number of hydrogen-bond acceptors (Lipinski definition) is 12. The molecule has 1 aliphatic carbocycles. The summed E-state index contributed by atoms with van der Waals surface area (Å²) in [5.41, 5.74) is 2.66. The normalized spacial score (nSPS) is 19.0. The number of halogens is 1. The first-order valence-electron chi connectivity index (χ1n) is 21.6. The molecular formula is C47H52FN5O11. The van der Waals surface area contributed by atoms with Crippen molar-refractivity contribution in [2.45, 2.75) is 57.4 Å². The van der Waals surface area contributed by atoms with Crippen LogP contribution in [0, 0.1) is 17.7 Å². The number of anilines is 1. The molecular weight excluding hydrogens is 830 g/mol. The number of amides is 6. The highest BCUT2D eigenvalue weighted by molar-refractivity contribution is 6.24. The van der Waals surface area contributed by atoms with Crippen LogP contribution in [0.5, 0.6) is 11.5 Å². The van der Waals surface area contributed by atoms with Gasteiger partial charge in [0.2, 0.25) is 17.7 Å². The smallest absolute Gasteiger partial charge is 0.266 e. The van der Waals surface area contributed by atoms with Gasteiger partial charge in [-0.2, -0.15) is 0 Å². The van der Waals surface area contributed by atoms with E-state index >= 15 is 0 Å². The maximum absolute atomic E-state index is 14.0. The Morgan fingerprint density at radius 1 is 0.828 bits per heavy atom. The second kappa shape index (κ2) is 21.9. The average Bonchev–Trinajstić information content (AvgIpc) is 3.55. The molecule has 1 unspecified atom stereocenters. The number of benzene rings is 3. The largest absolute Gasteiger partial charge is 0.491 e. The summed E-state index contributed by atoms with van der Waals surface area (Å²) in [7, 11) is 0. The summed E-state index contributed by atoms with van der Waals surface area (Å²) < 4.78 is 42.0. The van der Waals surface area contributed by atoms with Crippen molar-refractivity contribution in [3.63, 3.8) is 0 Å². The number of rotatable bonds is 21. The Labute approximate surface area is 369 Å². The highest BCUT2D eigenvalue weighted by Gasteiger charge is 2.46. The number of hydrogen-bond donors (Lipinski definition) is 3. The van der Waals surface area contributed by atoms with Crippen molar-refractivity contribution >= 4 is 52.0 Å². The number of piperidine rings is 1. The van der Waals surface area contributed by atoms with Crippen LogP contribution < -0.4 is 25.4 Å². The van der Waals surface area contributed by atoms with Crippen LogP contribution in [0.4, 0.5) is 10.1 Å². The molecule has 3 aliphatic rings. The fraction of sp³-hybridized carbons (Fsp3) is 0.426. The first-order chi connectivity index (χ1) is 31.1. The maximum atomic E-state index is 14.0. The van der Waals surface area contributed by atoms with Crippen molar-refractivity contribution in [3.8, 4) is 11.5 Å². The molecule has 7 rings (SSSR count). The SMILES string of the molecule is C[C@@H](C(=O)Nc1ccc(OCCOCCOCCOCCNC(=O)COc2cccc3c2C(=O)N(C2CCC(=O)NC2=O)C3=O)cc1)C1CCC(c2ccnc3ccc(F)cc23)CC1. The van der Waals surface area contributed by atoms with Crippen LogP contribution in [0.1, 0.15) is 77.6 Å². The van der Waals surface area contributed by atoms with Gasteiger partial charge in [0.05, 0.1) is 56.3 Å². The predicted octanol–water partition coefficient (Wildman–Crippen LogP) is 4.95. The lowest BCUT2D eigenvalue weighted by molar-refractivity contribution is -0.136. The molecule has 2 fully saturated rings. The number of imide groups is 2. The van der Waals surface area contributed by atoms with Crippen LogP contribution in [-0.4, -0.2) is 111 Å². The number of carbonyl (C=O) groups is 6. The molecule has 338 valence electrons. The second-order valence-corrected chi connectivity index (χ2v) is 15.9. The molecule has 1 aromatic heterocycles. The van der Waals surface area contributed by atoms with Crippen LogP contribution in [0.2, 0.25) is 0 Å². The van der Waals surface area contributed by atoms with Gasteiger partial charge in [0.25, 0.3) is 17.7 Å². The highest BCUT2D eigenvalue weighted by atomic mass is 19.1. The molecule has 0 radical (unpaired) electrons. The van der Waals surface area contributed by atoms with E-state index in [9.17, 15) is 33.2 Å². The van der Waals surface area contributed by atoms with Gasteiger partial charge in [0.15, 0.2) is 6.61 Å². The standard InChI is InChI=1S/C47H52FN5O11/c1-29(30-5-7-31(8-6-30)35-17-18-49-38-14-9-32(48)27-37(35)38)44(56)51-33-10-12-34(13-11-33)63-26-25-62-24-23-61-22-21-60-20-19-50-42(55)28-64-40-4-2-3-36-43(40)47(59)53(46(36)58)39-15-16-41(54)52-45(39)57/h2-4,9-14,17-18,27,29-31,39H,5-8,15-16,19-26,28H2,1H3,(H,50,55)(H,51,56)(H,52,54,57)/t29-,30?,31?,39?/m1/s1. The number of aromatic nitrogens is 1. The maximum Gasteiger partial charge on any atom is 0.266 e. The van der Waals surface area contributed by atoms with E-state index in [1.165, 1.54) is 24.3 Å². The van der Waals surface area contributed by atoms with Crippen LogP contribution in [0.15, 0.2) is 72.9 Å². The minimum absolute atomic E-state index is 0.00424. The summed E-state index contributed by atoms with van der Waals surface area (Å²) in [5, 5.41) is 8.72. The highest BCUT2D eigenvalue weighted by Crippen LogP contribution is 2.41. The molecule has 4 aromatic rings. The third kappa shape index (κ3) is 11.4. The molecule has 3 aromatic carbocycles. The van der Waals surface area contributed by atoms with Crippen molar-refractivity contribution in [2.24, 2.45) is 11.8 Å². The third-order valence-electron chi connectivity index (χ3n) is 11.8. The molecule has 1 saturated carbocycles. The molecule has 16 nitrogen and oxygen atoms in total. The van der Waals surface area contributed by atoms with E-state index in [2.05, 4.69) is 20.9 Å². The average molecular weight is 882 g/mol. The van der Waals surface area contributed by atoms with Gasteiger partial charge >= 0.3 is 0 Å². The third-order valence-corrected chi connectivity index (χ3v) is 11.8. The van der Waals surface area contributed by atoms with Crippen LogP contribution in [0.25, 0.3) is 10.9 Å². The fourth-order valence-corrected chi connectivity index (χ4v) is 8.35. The summed E-state index contributed by atoms with van der Waals surface area (Å²) in [6.07, 6.45) is 5.56. The molecule has 17 heteroatoms. The Bertz CT molecular complexity index is 2340. The summed E-state index contributed by atoms with van der Waals surface area (Å²) in [5.74, 6) is -2.18. The van der Waals surface area contributed by atoms with Gasteiger partial charge in [0.1, 0.15) is 30.0 Å². The van der Waals surface area contributed by atoms with Crippen LogP contribution in [0.3, 0.4) is 0 Å². The molecule has 2 atom stereocenters. The summed E-state index contributed by atoms with van der Waals surface area (Å²) in [6, 6.07) is 17.3. The second-order valence-electron chi connectivity index (χ2n) is 15.9. The molecule has 64 heavy (non-hydrogen) atoms. The van der Waals surface area contributed by atoms with E-state index in [-0.39, 0.29) is 66.4 Å². The molecule has 0 spiro atoms. The topological polar surface area (TPSA) is 201 Å². The first-order valence-corrected chi connectivity index (χ1v) is 21.6. The number of nitrogens with one attached hydrogen (secondary N) is 3. The Kier molecular flexibility index (Phi) is 15.6. The number of pyridine rings is 1. The van der Waals surface area contributed by atoms with Gasteiger partial charge in [0, 0.05) is 36.2 Å². The Hall–Kier alpha value is -6.30. The lowest BCUT2D eigenvalue weighted by Gasteiger charge is -2.32. The predicted molar refractivity (Wildman–Crippen MR) is 230 cm³/mol. The molecule has 3 N–H and O–H groups in total. The minimum Gasteiger partial charge on any atom is -0.491 e. The van der Waals surface area contributed by atoms with E-state index < -0.39 is 42.2 Å². The summed E-state index contributed by atoms with van der Waals surface area (Å²) in [6.45, 7) is 4.05. The molecule has 1 saturated heterocycles. The van der Waals surface area contributed by atoms with Gasteiger partial charge in [-0.3, -0.25) is 44.0 Å². The van der Waals surface area contributed by atoms with Crippen molar-refractivity contribution in [1.82, 2.24) is 20.5 Å². The molecule has 6 amide bonds. The minimum atomic E-state index is -1.11. The Balaban J connectivity index is 0.689. The summed E-state index contributed by atoms with van der Waals surface area (Å²) >= 11 is 0. The van der Waals surface area contributed by atoms with E-state index in [0.717, 1.165) is 47.0 Å². The quantitative estimate of drug-likeness (QED) is 0.0753. The zero-order valence-corrected chi connectivity index (χ0v) is 35.6. The molecule has 0 bridgehead atoms. The zero-order chi connectivity index (χ0) is 45.0. The van der Waals surface area contributed by atoms with Gasteiger partial charge < -0.3 is 34.3 Å². The lowest BCUT2D eigenvalue weighted by atomic mass is 9.73. The van der Waals surface area contributed by atoms with Crippen LogP contribution in [-0.2, 0) is 33.4 Å². The van der Waals surface area contributed by atoms with Crippen molar-refractivity contribution < 1.29 is 56.8 Å². The van der Waals surface area contributed by atoms with Crippen molar-refractivity contribution in [2.75, 3.05) is 64.7 Å². The number of carbonyl (C=O) groups excluding carboxylic acids is 6. The van der Waals surface area contributed by atoms with E-state index in [4.69, 9.17) is 23.7 Å². The van der Waals surface area contributed by atoms with Gasteiger partial charge in [-0.1, -0.05) is 13.0 Å². The zero-order valence-electron chi connectivity index (χ0n) is 35.6. The van der Waals surface area contributed by atoms with E-state index in [0.29, 0.717) is 57.0 Å². The molecule has 2 aliphatic heterocycles. The van der Waals surface area contributed by atoms with Gasteiger partial charge in [-0.15, -0.1) is 0 Å². The van der Waals surface area contributed by atoms with E-state index in [1.807, 2.05) is 25.1 Å². The molecule has 3 heterocycles. The first kappa shape index (κ1) is 45.7. The van der Waals surface area contributed by atoms with Crippen molar-refractivity contribution in [3.05, 3.63) is 95.4 Å². The number of nitrogens with zero attached hydrogens (tertiary/aromatic N) is 2. The Morgan fingerprint density at radius 3 is 2.28 bits per heavy atom. The van der Waals surface area contributed by atoms with Crippen LogP contribution >= 0.6 is 0 Å². The Morgan fingerprint density at radius 2 is 1.55 bits per heavy atom. The summed E-state index contributed by atoms with van der Waals surface area (Å²) in [4.78, 5) is 80.8. The van der Waals surface area contributed by atoms with Crippen molar-refractivity contribution in [1.29, 1.82) is 0 Å². The number of fused-ring (bicyclic) bond motifs is 2. The van der Waals surface area contributed by atoms with Gasteiger partial charge in [-0.05, 0) is 110 Å². The fourth-order valence-electron chi connectivity index (χ4n) is 8.35. The number of ether oxygens (including phenoxy) is 5. The van der Waals surface area contributed by atoms with Gasteiger partial charge in [-0.25, -0.2) is 4.39 Å².